The Morgan fingerprint density at radius 1 is 0.957 bits per heavy atom. The smallest absolute Gasteiger partial charge is 0.261 e. The molecule has 0 saturated heterocycles. The van der Waals surface area contributed by atoms with Crippen LogP contribution in [0.3, 0.4) is 0 Å². The molecule has 1 saturated carbocycles. The number of carbonyl (C=O) groups is 2. The number of anilines is 1. The van der Waals surface area contributed by atoms with E-state index in [4.69, 9.17) is 27.9 Å². The minimum absolute atomic E-state index is 0.165. The lowest BCUT2D eigenvalue weighted by Gasteiger charge is -2.18. The SMILES string of the molecule is O=C1C2=C(CCCC2)C(=O)N1c1cc(OC2CC2)c(Cl)cc1Cl. The third kappa shape index (κ3) is 2.54. The number of amides is 2. The average molecular weight is 352 g/mol. The fraction of sp³-hybridized carbons (Fsp3) is 0.412. The highest BCUT2D eigenvalue weighted by Gasteiger charge is 2.41. The average Bonchev–Trinajstić information content (AvgIpc) is 3.31. The monoisotopic (exact) mass is 351 g/mol. The van der Waals surface area contributed by atoms with Crippen LogP contribution in [0.15, 0.2) is 23.3 Å². The van der Waals surface area contributed by atoms with Crippen LogP contribution in [0.5, 0.6) is 5.75 Å². The number of imide groups is 1. The fourth-order valence-corrected chi connectivity index (χ4v) is 3.62. The molecule has 0 unspecified atom stereocenters. The molecule has 23 heavy (non-hydrogen) atoms. The van der Waals surface area contributed by atoms with Gasteiger partial charge in [-0.25, -0.2) is 4.90 Å². The molecule has 2 aliphatic carbocycles. The molecule has 3 aliphatic rings. The molecule has 1 aliphatic heterocycles. The molecule has 1 aromatic rings. The summed E-state index contributed by atoms with van der Waals surface area (Å²) in [5.41, 5.74) is 1.63. The molecule has 1 heterocycles. The van der Waals surface area contributed by atoms with E-state index in [0.29, 0.717) is 40.4 Å². The molecule has 0 atom stereocenters. The van der Waals surface area contributed by atoms with Gasteiger partial charge >= 0.3 is 0 Å². The molecule has 1 aromatic carbocycles. The molecule has 4 nitrogen and oxygen atoms in total. The van der Waals surface area contributed by atoms with Crippen LogP contribution in [0, 0.1) is 0 Å². The van der Waals surface area contributed by atoms with Crippen molar-refractivity contribution >= 4 is 40.7 Å². The summed E-state index contributed by atoms with van der Waals surface area (Å²) in [6.07, 6.45) is 5.35. The maximum absolute atomic E-state index is 12.6. The van der Waals surface area contributed by atoms with Crippen LogP contribution in [-0.4, -0.2) is 17.9 Å². The predicted octanol–water partition coefficient (Wildman–Crippen LogP) is 4.28. The first-order chi connectivity index (χ1) is 11.1. The predicted molar refractivity (Wildman–Crippen MR) is 88.1 cm³/mol. The maximum atomic E-state index is 12.6. The summed E-state index contributed by atoms with van der Waals surface area (Å²) in [4.78, 5) is 26.5. The quantitative estimate of drug-likeness (QED) is 0.763. The lowest BCUT2D eigenvalue weighted by atomic mass is 9.93. The number of hydrogen-bond acceptors (Lipinski definition) is 3. The Bertz CT molecular complexity index is 724. The van der Waals surface area contributed by atoms with Gasteiger partial charge in [0.1, 0.15) is 5.75 Å². The van der Waals surface area contributed by atoms with Crippen LogP contribution in [0.4, 0.5) is 5.69 Å². The number of carbonyl (C=O) groups excluding carboxylic acids is 2. The van der Waals surface area contributed by atoms with Crippen molar-refractivity contribution < 1.29 is 14.3 Å². The van der Waals surface area contributed by atoms with Crippen molar-refractivity contribution in [3.05, 3.63) is 33.3 Å². The van der Waals surface area contributed by atoms with Crippen LogP contribution < -0.4 is 9.64 Å². The highest BCUT2D eigenvalue weighted by atomic mass is 35.5. The number of halogens is 2. The summed E-state index contributed by atoms with van der Waals surface area (Å²) in [5, 5.41) is 0.669. The second-order valence-corrected chi connectivity index (χ2v) is 6.98. The summed E-state index contributed by atoms with van der Waals surface area (Å²) in [5.74, 6) is -0.0448. The molecule has 0 N–H and O–H groups in total. The Morgan fingerprint density at radius 3 is 2.13 bits per heavy atom. The van der Waals surface area contributed by atoms with Crippen molar-refractivity contribution in [3.8, 4) is 5.75 Å². The van der Waals surface area contributed by atoms with E-state index in [-0.39, 0.29) is 22.9 Å². The molecule has 0 aromatic heterocycles. The molecule has 0 bridgehead atoms. The van der Waals surface area contributed by atoms with Crippen LogP contribution in [0.25, 0.3) is 0 Å². The normalized spacial score (nSPS) is 21.0. The second-order valence-electron chi connectivity index (χ2n) is 6.16. The molecule has 120 valence electrons. The first kappa shape index (κ1) is 15.0. The number of benzene rings is 1. The van der Waals surface area contributed by atoms with E-state index in [1.54, 1.807) is 6.07 Å². The first-order valence-corrected chi connectivity index (χ1v) is 8.58. The van der Waals surface area contributed by atoms with Gasteiger partial charge in [-0.15, -0.1) is 0 Å². The van der Waals surface area contributed by atoms with Crippen LogP contribution in [0.1, 0.15) is 38.5 Å². The third-order valence-corrected chi connectivity index (χ3v) is 5.05. The molecular formula is C17H15Cl2NO3. The number of hydrogen-bond donors (Lipinski definition) is 0. The van der Waals surface area contributed by atoms with Crippen molar-refractivity contribution in [1.29, 1.82) is 0 Å². The lowest BCUT2D eigenvalue weighted by molar-refractivity contribution is -0.120. The summed E-state index contributed by atoms with van der Waals surface area (Å²) >= 11 is 12.4. The summed E-state index contributed by atoms with van der Waals surface area (Å²) in [6, 6.07) is 3.14. The van der Waals surface area contributed by atoms with Gasteiger partial charge in [0, 0.05) is 17.2 Å². The van der Waals surface area contributed by atoms with Gasteiger partial charge in [0.25, 0.3) is 11.8 Å². The molecule has 0 spiro atoms. The van der Waals surface area contributed by atoms with Gasteiger partial charge in [0.05, 0.1) is 21.8 Å². The topological polar surface area (TPSA) is 46.6 Å². The molecular weight excluding hydrogens is 337 g/mol. The van der Waals surface area contributed by atoms with E-state index in [1.165, 1.54) is 11.0 Å². The third-order valence-electron chi connectivity index (χ3n) is 4.45. The number of ether oxygens (including phenoxy) is 1. The van der Waals surface area contributed by atoms with Crippen molar-refractivity contribution in [2.75, 3.05) is 4.90 Å². The molecule has 4 rings (SSSR count). The lowest BCUT2D eigenvalue weighted by Crippen LogP contribution is -2.31. The van der Waals surface area contributed by atoms with Gasteiger partial charge < -0.3 is 4.74 Å². The van der Waals surface area contributed by atoms with Crippen LogP contribution >= 0.6 is 23.2 Å². The minimum Gasteiger partial charge on any atom is -0.489 e. The second kappa shape index (κ2) is 5.53. The van der Waals surface area contributed by atoms with E-state index >= 15 is 0 Å². The van der Waals surface area contributed by atoms with Crippen LogP contribution in [0.2, 0.25) is 10.0 Å². The highest BCUT2D eigenvalue weighted by Crippen LogP contribution is 2.43. The van der Waals surface area contributed by atoms with Gasteiger partial charge in [-0.05, 0) is 44.6 Å². The Labute approximate surface area is 144 Å². The minimum atomic E-state index is -0.258. The summed E-state index contributed by atoms with van der Waals surface area (Å²) < 4.78 is 5.75. The Kier molecular flexibility index (Phi) is 3.62. The van der Waals surface area contributed by atoms with Gasteiger partial charge in [0.15, 0.2) is 0 Å². The van der Waals surface area contributed by atoms with Crippen molar-refractivity contribution in [1.82, 2.24) is 0 Å². The van der Waals surface area contributed by atoms with Crippen molar-refractivity contribution in [2.45, 2.75) is 44.6 Å². The van der Waals surface area contributed by atoms with E-state index < -0.39 is 0 Å². The van der Waals surface area contributed by atoms with E-state index in [9.17, 15) is 9.59 Å². The van der Waals surface area contributed by atoms with Gasteiger partial charge in [-0.2, -0.15) is 0 Å². The van der Waals surface area contributed by atoms with Crippen LogP contribution in [-0.2, 0) is 9.59 Å². The highest BCUT2D eigenvalue weighted by molar-refractivity contribution is 6.41. The zero-order valence-electron chi connectivity index (χ0n) is 12.4. The molecule has 0 radical (unpaired) electrons. The van der Waals surface area contributed by atoms with E-state index in [0.717, 1.165) is 25.7 Å². The fourth-order valence-electron chi connectivity index (χ4n) is 3.10. The van der Waals surface area contributed by atoms with Crippen molar-refractivity contribution in [3.63, 3.8) is 0 Å². The Balaban J connectivity index is 1.73. The molecule has 6 heteroatoms. The van der Waals surface area contributed by atoms with E-state index in [1.807, 2.05) is 0 Å². The van der Waals surface area contributed by atoms with E-state index in [2.05, 4.69) is 0 Å². The first-order valence-electron chi connectivity index (χ1n) is 7.83. The molecule has 2 amide bonds. The van der Waals surface area contributed by atoms with Gasteiger partial charge in [-0.1, -0.05) is 23.2 Å². The summed E-state index contributed by atoms with van der Waals surface area (Å²) in [7, 11) is 0. The maximum Gasteiger partial charge on any atom is 0.261 e. The number of nitrogens with zero attached hydrogens (tertiary/aromatic N) is 1. The van der Waals surface area contributed by atoms with Gasteiger partial charge in [-0.3, -0.25) is 9.59 Å². The Morgan fingerprint density at radius 2 is 1.57 bits per heavy atom. The zero-order chi connectivity index (χ0) is 16.1. The molecule has 1 fully saturated rings. The van der Waals surface area contributed by atoms with Crippen molar-refractivity contribution in [2.24, 2.45) is 0 Å². The standard InChI is InChI=1S/C17H15Cl2NO3/c18-12-7-13(19)15(23-9-5-6-9)8-14(12)20-16(21)10-3-1-2-4-11(10)17(20)22/h7-9H,1-6H2. The Hall–Kier alpha value is -1.52. The largest absolute Gasteiger partial charge is 0.489 e. The number of rotatable bonds is 3. The summed E-state index contributed by atoms with van der Waals surface area (Å²) in [6.45, 7) is 0. The van der Waals surface area contributed by atoms with Gasteiger partial charge in [0.2, 0.25) is 0 Å². The zero-order valence-corrected chi connectivity index (χ0v) is 13.9.